The van der Waals surface area contributed by atoms with Crippen molar-refractivity contribution < 1.29 is 5.11 Å². The van der Waals surface area contributed by atoms with E-state index < -0.39 is 0 Å². The lowest BCUT2D eigenvalue weighted by Gasteiger charge is -2.36. The lowest BCUT2D eigenvalue weighted by Crippen LogP contribution is -2.33. The molecule has 0 amide bonds. The number of fused-ring (bicyclic) bond motifs is 1. The Hall–Kier alpha value is -1.79. The number of rotatable bonds is 4. The van der Waals surface area contributed by atoms with Crippen molar-refractivity contribution in [1.82, 2.24) is 4.31 Å². The number of nitrogens with two attached hydrogens (primary N) is 1. The Bertz CT molecular complexity index is 705. The van der Waals surface area contributed by atoms with E-state index in [1.54, 1.807) is 13.1 Å². The highest BCUT2D eigenvalue weighted by Gasteiger charge is 2.37. The molecule has 23 heavy (non-hydrogen) atoms. The third-order valence-corrected chi connectivity index (χ3v) is 4.96. The van der Waals surface area contributed by atoms with Crippen molar-refractivity contribution in [1.29, 1.82) is 0 Å². The molecule has 124 valence electrons. The van der Waals surface area contributed by atoms with E-state index in [-0.39, 0.29) is 11.2 Å². The van der Waals surface area contributed by atoms with E-state index >= 15 is 0 Å². The topological polar surface area (TPSA) is 74.2 Å². The van der Waals surface area contributed by atoms with Gasteiger partial charge in [0.2, 0.25) is 0 Å². The van der Waals surface area contributed by atoms with Gasteiger partial charge in [-0.2, -0.15) is 0 Å². The molecule has 1 aromatic carbocycles. The Morgan fingerprint density at radius 2 is 2.04 bits per heavy atom. The van der Waals surface area contributed by atoms with E-state index in [9.17, 15) is 5.11 Å². The van der Waals surface area contributed by atoms with E-state index in [1.165, 1.54) is 11.9 Å². The SMILES string of the molecule is C=NC1=C(C(N)=NC)C(C)(C)Cc2c1ccc(O)c2SN(C)C. The summed E-state index contributed by atoms with van der Waals surface area (Å²) in [6.45, 7) is 7.96. The lowest BCUT2D eigenvalue weighted by atomic mass is 9.71. The Morgan fingerprint density at radius 1 is 1.39 bits per heavy atom. The van der Waals surface area contributed by atoms with Gasteiger partial charge in [-0.25, -0.2) is 0 Å². The highest BCUT2D eigenvalue weighted by Crippen LogP contribution is 2.48. The van der Waals surface area contributed by atoms with Gasteiger partial charge in [0.25, 0.3) is 0 Å². The fraction of sp³-hybridized carbons (Fsp3) is 0.412. The average Bonchev–Trinajstić information content (AvgIpc) is 2.47. The quantitative estimate of drug-likeness (QED) is 0.505. The molecule has 0 aliphatic heterocycles. The standard InChI is InChI=1S/C17H24N4OS/c1-17(2)9-11-10(14(19-3)13(17)16(18)20-4)7-8-12(22)15(11)23-21(5)6/h7-8,22H,3,9H2,1-2,4-6H3,(H2,18,20). The van der Waals surface area contributed by atoms with Gasteiger partial charge in [0.15, 0.2) is 0 Å². The Labute approximate surface area is 142 Å². The van der Waals surface area contributed by atoms with Crippen LogP contribution in [-0.2, 0) is 6.42 Å². The van der Waals surface area contributed by atoms with Crippen LogP contribution in [0.2, 0.25) is 0 Å². The van der Waals surface area contributed by atoms with Crippen LogP contribution >= 0.6 is 11.9 Å². The largest absolute Gasteiger partial charge is 0.507 e. The molecule has 0 aromatic heterocycles. The zero-order valence-corrected chi connectivity index (χ0v) is 15.2. The fourth-order valence-electron chi connectivity index (χ4n) is 3.03. The molecule has 6 heteroatoms. The zero-order chi connectivity index (χ0) is 17.4. The van der Waals surface area contributed by atoms with Crippen molar-refractivity contribution in [3.05, 3.63) is 28.8 Å². The van der Waals surface area contributed by atoms with Crippen molar-refractivity contribution in [3.8, 4) is 5.75 Å². The Morgan fingerprint density at radius 3 is 2.57 bits per heavy atom. The first kappa shape index (κ1) is 17.6. The van der Waals surface area contributed by atoms with Crippen LogP contribution in [0.3, 0.4) is 0 Å². The number of nitrogens with zero attached hydrogens (tertiary/aromatic N) is 3. The summed E-state index contributed by atoms with van der Waals surface area (Å²) in [5.74, 6) is 0.764. The van der Waals surface area contributed by atoms with E-state index in [1.807, 2.05) is 24.5 Å². The first-order chi connectivity index (χ1) is 10.7. The smallest absolute Gasteiger partial charge is 0.130 e. The number of aliphatic imine (C=N–C) groups is 2. The van der Waals surface area contributed by atoms with Gasteiger partial charge in [0.1, 0.15) is 11.6 Å². The molecular weight excluding hydrogens is 308 g/mol. The maximum Gasteiger partial charge on any atom is 0.130 e. The second-order valence-electron chi connectivity index (χ2n) is 6.39. The molecule has 3 N–H and O–H groups in total. The maximum atomic E-state index is 10.3. The van der Waals surface area contributed by atoms with Gasteiger partial charge in [-0.15, -0.1) is 0 Å². The highest BCUT2D eigenvalue weighted by molar-refractivity contribution is 7.97. The minimum absolute atomic E-state index is 0.247. The second kappa shape index (κ2) is 6.37. The summed E-state index contributed by atoms with van der Waals surface area (Å²) in [4.78, 5) is 9.26. The minimum Gasteiger partial charge on any atom is -0.507 e. The summed E-state index contributed by atoms with van der Waals surface area (Å²) in [5.41, 5.74) is 9.58. The second-order valence-corrected chi connectivity index (χ2v) is 7.72. The molecule has 0 radical (unpaired) electrons. The first-order valence-corrected chi connectivity index (χ1v) is 8.15. The van der Waals surface area contributed by atoms with Gasteiger partial charge in [0, 0.05) is 18.2 Å². The predicted molar refractivity (Wildman–Crippen MR) is 99.2 cm³/mol. The number of hydrogen-bond acceptors (Lipinski definition) is 5. The van der Waals surface area contributed by atoms with Crippen molar-refractivity contribution in [2.45, 2.75) is 25.2 Å². The Balaban J connectivity index is 2.80. The van der Waals surface area contributed by atoms with Crippen LogP contribution in [0.25, 0.3) is 5.70 Å². The van der Waals surface area contributed by atoms with Crippen LogP contribution in [-0.4, -0.2) is 43.1 Å². The summed E-state index contributed by atoms with van der Waals surface area (Å²) < 4.78 is 1.96. The lowest BCUT2D eigenvalue weighted by molar-refractivity contribution is 0.435. The predicted octanol–water partition coefficient (Wildman–Crippen LogP) is 2.94. The third-order valence-electron chi connectivity index (χ3n) is 3.96. The molecule has 1 aliphatic carbocycles. The normalized spacial score (nSPS) is 17.4. The molecule has 0 bridgehead atoms. The number of benzene rings is 1. The molecule has 0 heterocycles. The van der Waals surface area contributed by atoms with Crippen LogP contribution in [0.1, 0.15) is 25.0 Å². The Kier molecular flexibility index (Phi) is 4.87. The molecular formula is C17H24N4OS. The molecule has 1 aliphatic rings. The molecule has 0 unspecified atom stereocenters. The van der Waals surface area contributed by atoms with Gasteiger partial charge in [-0.3, -0.25) is 14.3 Å². The van der Waals surface area contributed by atoms with Crippen molar-refractivity contribution in [2.75, 3.05) is 21.1 Å². The number of hydrogen-bond donors (Lipinski definition) is 2. The van der Waals surface area contributed by atoms with Gasteiger partial charge in [-0.1, -0.05) is 13.8 Å². The number of amidine groups is 1. The van der Waals surface area contributed by atoms with E-state index in [0.29, 0.717) is 5.84 Å². The summed E-state index contributed by atoms with van der Waals surface area (Å²) in [6.07, 6.45) is 0.747. The zero-order valence-electron chi connectivity index (χ0n) is 14.3. The van der Waals surface area contributed by atoms with Crippen LogP contribution in [0.15, 0.2) is 32.6 Å². The van der Waals surface area contributed by atoms with Crippen LogP contribution < -0.4 is 5.73 Å². The minimum atomic E-state index is -0.247. The van der Waals surface area contributed by atoms with E-state index in [0.717, 1.165) is 33.7 Å². The maximum absolute atomic E-state index is 10.3. The molecule has 0 spiro atoms. The molecule has 2 rings (SSSR count). The summed E-state index contributed by atoms with van der Waals surface area (Å²) in [5, 5.41) is 10.3. The van der Waals surface area contributed by atoms with E-state index in [4.69, 9.17) is 5.73 Å². The molecule has 0 atom stereocenters. The average molecular weight is 332 g/mol. The van der Waals surface area contributed by atoms with Gasteiger partial charge in [0.05, 0.1) is 10.6 Å². The van der Waals surface area contributed by atoms with E-state index in [2.05, 4.69) is 30.5 Å². The number of phenolic OH excluding ortho intramolecular Hbond substituents is 1. The number of aromatic hydroxyl groups is 1. The fourth-order valence-corrected chi connectivity index (χ4v) is 3.85. The first-order valence-electron chi connectivity index (χ1n) is 7.37. The molecule has 1 aromatic rings. The molecule has 0 fully saturated rings. The molecule has 5 nitrogen and oxygen atoms in total. The highest BCUT2D eigenvalue weighted by atomic mass is 32.2. The summed E-state index contributed by atoms with van der Waals surface area (Å²) in [6, 6.07) is 3.58. The van der Waals surface area contributed by atoms with Crippen LogP contribution in [0.4, 0.5) is 0 Å². The van der Waals surface area contributed by atoms with Gasteiger partial charge in [-0.05, 0) is 62.3 Å². The monoisotopic (exact) mass is 332 g/mol. The van der Waals surface area contributed by atoms with Crippen molar-refractivity contribution in [3.63, 3.8) is 0 Å². The summed E-state index contributed by atoms with van der Waals surface area (Å²) >= 11 is 1.51. The molecule has 0 saturated carbocycles. The summed E-state index contributed by atoms with van der Waals surface area (Å²) in [7, 11) is 5.58. The van der Waals surface area contributed by atoms with Gasteiger partial charge < -0.3 is 10.8 Å². The van der Waals surface area contributed by atoms with Crippen LogP contribution in [0, 0.1) is 5.41 Å². The van der Waals surface area contributed by atoms with Crippen molar-refractivity contribution in [2.24, 2.45) is 21.1 Å². The molecule has 0 saturated heterocycles. The number of phenols is 1. The van der Waals surface area contributed by atoms with Gasteiger partial charge >= 0.3 is 0 Å². The van der Waals surface area contributed by atoms with Crippen LogP contribution in [0.5, 0.6) is 5.75 Å². The third kappa shape index (κ3) is 3.14. The van der Waals surface area contributed by atoms with Crippen molar-refractivity contribution >= 4 is 30.2 Å².